The number of ether oxygens (including phenoxy) is 3. The highest BCUT2D eigenvalue weighted by Crippen LogP contribution is 2.35. The summed E-state index contributed by atoms with van der Waals surface area (Å²) in [5.74, 6) is 2.91. The molecule has 2 aromatic rings. The molecule has 0 amide bonds. The van der Waals surface area contributed by atoms with Crippen LogP contribution in [0.3, 0.4) is 0 Å². The molecule has 1 fully saturated rings. The molecule has 19 heavy (non-hydrogen) atoms. The van der Waals surface area contributed by atoms with Gasteiger partial charge in [-0.05, 0) is 24.6 Å². The summed E-state index contributed by atoms with van der Waals surface area (Å²) in [6.07, 6.45) is 0.945. The molecule has 0 radical (unpaired) electrons. The molecule has 1 aromatic heterocycles. The Morgan fingerprint density at radius 3 is 3.00 bits per heavy atom. The molecule has 0 spiro atoms. The molecule has 0 N–H and O–H groups in total. The Bertz CT molecular complexity index is 604. The lowest BCUT2D eigenvalue weighted by molar-refractivity contribution is 0.174. The fourth-order valence-corrected chi connectivity index (χ4v) is 2.29. The Morgan fingerprint density at radius 1 is 1.16 bits per heavy atom. The first-order chi connectivity index (χ1) is 9.40. The summed E-state index contributed by atoms with van der Waals surface area (Å²) in [6.45, 7) is 1.69. The SMILES string of the molecule is c1cc2c(cc1-c1nc([C@@H]3CCOC3)no1)OCO2. The predicted octanol–water partition coefficient (Wildman–Crippen LogP) is 1.97. The number of hydrogen-bond donors (Lipinski definition) is 0. The summed E-state index contributed by atoms with van der Waals surface area (Å²) in [4.78, 5) is 4.43. The molecule has 98 valence electrons. The van der Waals surface area contributed by atoms with Crippen LogP contribution >= 0.6 is 0 Å². The molecule has 1 atom stereocenters. The maximum Gasteiger partial charge on any atom is 0.258 e. The molecule has 3 heterocycles. The van der Waals surface area contributed by atoms with E-state index < -0.39 is 0 Å². The van der Waals surface area contributed by atoms with Gasteiger partial charge >= 0.3 is 0 Å². The highest BCUT2D eigenvalue weighted by Gasteiger charge is 2.24. The van der Waals surface area contributed by atoms with E-state index in [-0.39, 0.29) is 12.7 Å². The minimum Gasteiger partial charge on any atom is -0.454 e. The van der Waals surface area contributed by atoms with E-state index in [4.69, 9.17) is 18.7 Å². The standard InChI is InChI=1S/C13H12N2O4/c1-2-10-11(18-7-17-10)5-8(1)13-14-12(15-19-13)9-3-4-16-6-9/h1-2,5,9H,3-4,6-7H2/t9-/m1/s1. The van der Waals surface area contributed by atoms with E-state index in [1.807, 2.05) is 18.2 Å². The molecular formula is C13H12N2O4. The van der Waals surface area contributed by atoms with Crippen molar-refractivity contribution in [3.8, 4) is 23.0 Å². The zero-order valence-electron chi connectivity index (χ0n) is 10.2. The van der Waals surface area contributed by atoms with Gasteiger partial charge in [-0.15, -0.1) is 0 Å². The molecule has 4 rings (SSSR count). The average molecular weight is 260 g/mol. The number of hydrogen-bond acceptors (Lipinski definition) is 6. The molecule has 0 unspecified atom stereocenters. The van der Waals surface area contributed by atoms with Gasteiger partial charge in [0.25, 0.3) is 5.89 Å². The fourth-order valence-electron chi connectivity index (χ4n) is 2.29. The quantitative estimate of drug-likeness (QED) is 0.822. The van der Waals surface area contributed by atoms with Crippen LogP contribution in [0, 0.1) is 0 Å². The van der Waals surface area contributed by atoms with E-state index >= 15 is 0 Å². The van der Waals surface area contributed by atoms with Gasteiger partial charge in [0.15, 0.2) is 17.3 Å². The van der Waals surface area contributed by atoms with Crippen LogP contribution < -0.4 is 9.47 Å². The van der Waals surface area contributed by atoms with Crippen molar-refractivity contribution < 1.29 is 18.7 Å². The van der Waals surface area contributed by atoms with Crippen LogP contribution in [0.1, 0.15) is 18.2 Å². The monoisotopic (exact) mass is 260 g/mol. The van der Waals surface area contributed by atoms with Crippen molar-refractivity contribution in [1.82, 2.24) is 10.1 Å². The normalized spacial score (nSPS) is 20.9. The van der Waals surface area contributed by atoms with Crippen molar-refractivity contribution in [3.05, 3.63) is 24.0 Å². The molecular weight excluding hydrogens is 248 g/mol. The van der Waals surface area contributed by atoms with Crippen LogP contribution in [0.5, 0.6) is 11.5 Å². The third-order valence-corrected chi connectivity index (χ3v) is 3.36. The third kappa shape index (κ3) is 1.84. The first-order valence-electron chi connectivity index (χ1n) is 6.21. The number of nitrogens with zero attached hydrogens (tertiary/aromatic N) is 2. The van der Waals surface area contributed by atoms with Crippen LogP contribution in [0.4, 0.5) is 0 Å². The largest absolute Gasteiger partial charge is 0.454 e. The van der Waals surface area contributed by atoms with Crippen molar-refractivity contribution in [3.63, 3.8) is 0 Å². The summed E-state index contributed by atoms with van der Waals surface area (Å²) in [7, 11) is 0. The van der Waals surface area contributed by atoms with Crippen LogP contribution in [0.2, 0.25) is 0 Å². The molecule has 2 aliphatic rings. The molecule has 1 aromatic carbocycles. The van der Waals surface area contributed by atoms with Gasteiger partial charge in [-0.1, -0.05) is 5.16 Å². The van der Waals surface area contributed by atoms with E-state index in [1.54, 1.807) is 0 Å². The first kappa shape index (κ1) is 10.8. The summed E-state index contributed by atoms with van der Waals surface area (Å²) >= 11 is 0. The number of aromatic nitrogens is 2. The molecule has 0 bridgehead atoms. The molecule has 6 heteroatoms. The van der Waals surface area contributed by atoms with Crippen molar-refractivity contribution in [2.24, 2.45) is 0 Å². The van der Waals surface area contributed by atoms with E-state index in [0.29, 0.717) is 24.1 Å². The van der Waals surface area contributed by atoms with Crippen LogP contribution in [-0.2, 0) is 4.74 Å². The zero-order chi connectivity index (χ0) is 12.7. The molecule has 0 aliphatic carbocycles. The average Bonchev–Trinajstić information content (AvgIpc) is 3.18. The first-order valence-corrected chi connectivity index (χ1v) is 6.21. The predicted molar refractivity (Wildman–Crippen MR) is 64.0 cm³/mol. The van der Waals surface area contributed by atoms with Crippen molar-refractivity contribution in [1.29, 1.82) is 0 Å². The van der Waals surface area contributed by atoms with E-state index in [2.05, 4.69) is 10.1 Å². The van der Waals surface area contributed by atoms with Gasteiger partial charge in [-0.3, -0.25) is 0 Å². The van der Waals surface area contributed by atoms with E-state index in [0.717, 1.165) is 24.3 Å². The highest BCUT2D eigenvalue weighted by atomic mass is 16.7. The highest BCUT2D eigenvalue weighted by molar-refractivity contribution is 5.60. The molecule has 2 aliphatic heterocycles. The Kier molecular flexibility index (Phi) is 2.41. The second-order valence-corrected chi connectivity index (χ2v) is 4.59. The van der Waals surface area contributed by atoms with Crippen LogP contribution in [0.25, 0.3) is 11.5 Å². The van der Waals surface area contributed by atoms with Crippen LogP contribution in [0.15, 0.2) is 22.7 Å². The Labute approximate surface area is 109 Å². The fraction of sp³-hybridized carbons (Fsp3) is 0.385. The maximum absolute atomic E-state index is 5.34. The van der Waals surface area contributed by atoms with Gasteiger partial charge in [0.05, 0.1) is 6.61 Å². The van der Waals surface area contributed by atoms with Crippen LogP contribution in [-0.4, -0.2) is 30.1 Å². The van der Waals surface area contributed by atoms with Gasteiger partial charge in [-0.25, -0.2) is 0 Å². The summed E-state index contributed by atoms with van der Waals surface area (Å²) in [6, 6.07) is 5.58. The maximum atomic E-state index is 5.34. The van der Waals surface area contributed by atoms with Gasteiger partial charge in [-0.2, -0.15) is 4.98 Å². The minimum atomic E-state index is 0.242. The number of benzene rings is 1. The smallest absolute Gasteiger partial charge is 0.258 e. The van der Waals surface area contributed by atoms with Crippen molar-refractivity contribution >= 4 is 0 Å². The van der Waals surface area contributed by atoms with Gasteiger partial charge in [0.1, 0.15) is 0 Å². The lowest BCUT2D eigenvalue weighted by Gasteiger charge is -1.98. The topological polar surface area (TPSA) is 66.6 Å². The number of rotatable bonds is 2. The second kappa shape index (κ2) is 4.24. The van der Waals surface area contributed by atoms with Crippen molar-refractivity contribution in [2.45, 2.75) is 12.3 Å². The summed E-state index contributed by atoms with van der Waals surface area (Å²) in [5, 5.41) is 4.03. The third-order valence-electron chi connectivity index (χ3n) is 3.36. The lowest BCUT2D eigenvalue weighted by Crippen LogP contribution is -1.99. The Hall–Kier alpha value is -2.08. The van der Waals surface area contributed by atoms with Gasteiger partial charge in [0.2, 0.25) is 6.79 Å². The minimum absolute atomic E-state index is 0.242. The van der Waals surface area contributed by atoms with E-state index in [9.17, 15) is 0 Å². The second-order valence-electron chi connectivity index (χ2n) is 4.59. The molecule has 1 saturated heterocycles. The molecule has 6 nitrogen and oxygen atoms in total. The lowest BCUT2D eigenvalue weighted by atomic mass is 10.1. The Balaban J connectivity index is 1.65. The van der Waals surface area contributed by atoms with Gasteiger partial charge in [0, 0.05) is 18.1 Å². The summed E-state index contributed by atoms with van der Waals surface area (Å²) < 4.78 is 21.2. The summed E-state index contributed by atoms with van der Waals surface area (Å²) in [5.41, 5.74) is 0.835. The number of fused-ring (bicyclic) bond motifs is 1. The van der Waals surface area contributed by atoms with E-state index in [1.165, 1.54) is 0 Å². The Morgan fingerprint density at radius 2 is 2.11 bits per heavy atom. The van der Waals surface area contributed by atoms with Crippen molar-refractivity contribution in [2.75, 3.05) is 20.0 Å². The zero-order valence-corrected chi connectivity index (χ0v) is 10.2. The van der Waals surface area contributed by atoms with Gasteiger partial charge < -0.3 is 18.7 Å². The molecule has 0 saturated carbocycles.